The molecule has 1 heterocycles. The highest BCUT2D eigenvalue weighted by Gasteiger charge is 2.27. The van der Waals surface area contributed by atoms with Crippen molar-refractivity contribution in [2.45, 2.75) is 19.8 Å². The number of carbonyl (C=O) groups is 2. The van der Waals surface area contributed by atoms with Gasteiger partial charge >= 0.3 is 5.97 Å². The van der Waals surface area contributed by atoms with E-state index >= 15 is 0 Å². The van der Waals surface area contributed by atoms with Crippen molar-refractivity contribution in [3.8, 4) is 5.75 Å². The van der Waals surface area contributed by atoms with Crippen LogP contribution in [0.3, 0.4) is 0 Å². The fourth-order valence-corrected chi connectivity index (χ4v) is 2.84. The highest BCUT2D eigenvalue weighted by atomic mass is 32.1. The Morgan fingerprint density at radius 1 is 1.25 bits per heavy atom. The van der Waals surface area contributed by atoms with Gasteiger partial charge in [0.05, 0.1) is 19.6 Å². The summed E-state index contributed by atoms with van der Waals surface area (Å²) in [6.07, 6.45) is 1.36. The highest BCUT2D eigenvalue weighted by Crippen LogP contribution is 2.19. The van der Waals surface area contributed by atoms with Crippen LogP contribution in [0.2, 0.25) is 0 Å². The standard InChI is InChI=1S/C17H22N2O4S/c1-3-23-16(21)13-8-10-19(11-9-13)17(24)18-15(20)12-4-6-14(22-2)7-5-12/h4-7,13H,3,8-11H2,1-2H3,(H,18,20,24). The van der Waals surface area contributed by atoms with E-state index in [0.717, 1.165) is 0 Å². The number of esters is 1. The summed E-state index contributed by atoms with van der Waals surface area (Å²) in [5, 5.41) is 3.12. The summed E-state index contributed by atoms with van der Waals surface area (Å²) in [5.41, 5.74) is 0.513. The Balaban J connectivity index is 1.84. The SMILES string of the molecule is CCOC(=O)C1CCN(C(=S)NC(=O)c2ccc(OC)cc2)CC1. The first kappa shape index (κ1) is 18.2. The summed E-state index contributed by atoms with van der Waals surface area (Å²) < 4.78 is 10.1. The molecule has 1 fully saturated rings. The van der Waals surface area contributed by atoms with Crippen LogP contribution in [0.4, 0.5) is 0 Å². The van der Waals surface area contributed by atoms with Crippen LogP contribution in [0.1, 0.15) is 30.1 Å². The van der Waals surface area contributed by atoms with Crippen molar-refractivity contribution in [2.24, 2.45) is 5.92 Å². The largest absolute Gasteiger partial charge is 0.497 e. The number of methoxy groups -OCH3 is 1. The van der Waals surface area contributed by atoms with E-state index < -0.39 is 0 Å². The van der Waals surface area contributed by atoms with E-state index in [1.165, 1.54) is 0 Å². The molecule has 130 valence electrons. The molecule has 1 aliphatic heterocycles. The van der Waals surface area contributed by atoms with Crippen LogP contribution >= 0.6 is 12.2 Å². The normalized spacial score (nSPS) is 14.8. The predicted molar refractivity (Wildman–Crippen MR) is 94.0 cm³/mol. The minimum Gasteiger partial charge on any atom is -0.497 e. The molecule has 6 nitrogen and oxygen atoms in total. The van der Waals surface area contributed by atoms with E-state index in [2.05, 4.69) is 5.32 Å². The third kappa shape index (κ3) is 4.67. The molecule has 1 aromatic carbocycles. The van der Waals surface area contributed by atoms with Crippen LogP contribution in [0.25, 0.3) is 0 Å². The molecule has 7 heteroatoms. The molecule has 1 aromatic rings. The van der Waals surface area contributed by atoms with Crippen molar-refractivity contribution in [3.05, 3.63) is 29.8 Å². The molecule has 0 saturated carbocycles. The van der Waals surface area contributed by atoms with Gasteiger partial charge in [0, 0.05) is 18.7 Å². The summed E-state index contributed by atoms with van der Waals surface area (Å²) in [6, 6.07) is 6.82. The number of rotatable bonds is 4. The number of likely N-dealkylation sites (tertiary alicyclic amines) is 1. The third-order valence-electron chi connectivity index (χ3n) is 3.97. The molecule has 0 unspecified atom stereocenters. The summed E-state index contributed by atoms with van der Waals surface area (Å²) in [6.45, 7) is 3.46. The van der Waals surface area contributed by atoms with E-state index in [4.69, 9.17) is 21.7 Å². The van der Waals surface area contributed by atoms with Gasteiger partial charge in [-0.1, -0.05) is 0 Å². The number of hydrogen-bond donors (Lipinski definition) is 1. The van der Waals surface area contributed by atoms with Crippen molar-refractivity contribution in [1.82, 2.24) is 10.2 Å². The van der Waals surface area contributed by atoms with E-state index in [1.807, 2.05) is 4.90 Å². The molecule has 1 aliphatic rings. The van der Waals surface area contributed by atoms with E-state index in [1.54, 1.807) is 38.3 Å². The summed E-state index contributed by atoms with van der Waals surface area (Å²) in [4.78, 5) is 25.9. The van der Waals surface area contributed by atoms with Gasteiger partial charge in [0.15, 0.2) is 5.11 Å². The molecule has 24 heavy (non-hydrogen) atoms. The van der Waals surface area contributed by atoms with Gasteiger partial charge in [-0.25, -0.2) is 0 Å². The Morgan fingerprint density at radius 3 is 2.42 bits per heavy atom. The maximum absolute atomic E-state index is 12.2. The maximum Gasteiger partial charge on any atom is 0.309 e. The maximum atomic E-state index is 12.2. The lowest BCUT2D eigenvalue weighted by atomic mass is 9.97. The molecular weight excluding hydrogens is 328 g/mol. The van der Waals surface area contributed by atoms with Gasteiger partial charge in [-0.3, -0.25) is 14.9 Å². The molecule has 0 aromatic heterocycles. The Bertz CT molecular complexity index is 595. The van der Waals surface area contributed by atoms with Gasteiger partial charge in [-0.05, 0) is 56.2 Å². The van der Waals surface area contributed by atoms with Gasteiger partial charge in [-0.15, -0.1) is 0 Å². The van der Waals surface area contributed by atoms with Crippen LogP contribution in [0.15, 0.2) is 24.3 Å². The first-order valence-corrected chi connectivity index (χ1v) is 8.37. The van der Waals surface area contributed by atoms with Gasteiger partial charge in [0.25, 0.3) is 5.91 Å². The lowest BCUT2D eigenvalue weighted by molar-refractivity contribution is -0.149. The topological polar surface area (TPSA) is 67.9 Å². The average molecular weight is 350 g/mol. The first-order chi connectivity index (χ1) is 11.5. The summed E-state index contributed by atoms with van der Waals surface area (Å²) in [7, 11) is 1.57. The molecule has 0 radical (unpaired) electrons. The molecular formula is C17H22N2O4S. The first-order valence-electron chi connectivity index (χ1n) is 7.96. The van der Waals surface area contributed by atoms with Crippen LogP contribution in [0.5, 0.6) is 5.75 Å². The molecule has 0 aliphatic carbocycles. The Kier molecular flexibility index (Phi) is 6.54. The smallest absolute Gasteiger partial charge is 0.309 e. The van der Waals surface area contributed by atoms with E-state index in [0.29, 0.717) is 49.0 Å². The fraction of sp³-hybridized carbons (Fsp3) is 0.471. The van der Waals surface area contributed by atoms with Crippen molar-refractivity contribution in [3.63, 3.8) is 0 Å². The Hall–Kier alpha value is -2.15. The lowest BCUT2D eigenvalue weighted by Crippen LogP contribution is -2.47. The minimum absolute atomic E-state index is 0.0821. The van der Waals surface area contributed by atoms with E-state index in [-0.39, 0.29) is 17.8 Å². The molecule has 1 saturated heterocycles. The average Bonchev–Trinajstić information content (AvgIpc) is 2.62. The third-order valence-corrected chi connectivity index (χ3v) is 4.34. The quantitative estimate of drug-likeness (QED) is 0.662. The molecule has 1 N–H and O–H groups in total. The number of nitrogens with zero attached hydrogens (tertiary/aromatic N) is 1. The van der Waals surface area contributed by atoms with E-state index in [9.17, 15) is 9.59 Å². The van der Waals surface area contributed by atoms with Crippen molar-refractivity contribution in [2.75, 3.05) is 26.8 Å². The second-order valence-electron chi connectivity index (χ2n) is 5.50. The van der Waals surface area contributed by atoms with Crippen LogP contribution in [-0.4, -0.2) is 48.7 Å². The zero-order valence-corrected chi connectivity index (χ0v) is 14.7. The minimum atomic E-state index is -0.254. The molecule has 0 spiro atoms. The Morgan fingerprint density at radius 2 is 1.88 bits per heavy atom. The zero-order chi connectivity index (χ0) is 17.5. The highest BCUT2D eigenvalue weighted by molar-refractivity contribution is 7.80. The van der Waals surface area contributed by atoms with Gasteiger partial charge in [0.1, 0.15) is 5.75 Å². The van der Waals surface area contributed by atoms with Gasteiger partial charge < -0.3 is 14.4 Å². The number of piperidine rings is 1. The number of carbonyl (C=O) groups excluding carboxylic acids is 2. The summed E-state index contributed by atoms with van der Waals surface area (Å²) >= 11 is 5.31. The predicted octanol–water partition coefficient (Wildman–Crippen LogP) is 1.99. The second-order valence-corrected chi connectivity index (χ2v) is 5.89. The number of benzene rings is 1. The zero-order valence-electron chi connectivity index (χ0n) is 13.9. The summed E-state index contributed by atoms with van der Waals surface area (Å²) in [5.74, 6) is 0.206. The number of hydrogen-bond acceptors (Lipinski definition) is 5. The monoisotopic (exact) mass is 350 g/mol. The van der Waals surface area contributed by atoms with Crippen molar-refractivity contribution >= 4 is 29.2 Å². The molecule has 2 rings (SSSR count). The second kappa shape index (κ2) is 8.63. The molecule has 0 bridgehead atoms. The van der Waals surface area contributed by atoms with Crippen LogP contribution in [-0.2, 0) is 9.53 Å². The Labute approximate surface area is 147 Å². The van der Waals surface area contributed by atoms with Gasteiger partial charge in [0.2, 0.25) is 0 Å². The number of nitrogens with one attached hydrogen (secondary N) is 1. The van der Waals surface area contributed by atoms with Crippen molar-refractivity contribution in [1.29, 1.82) is 0 Å². The van der Waals surface area contributed by atoms with Crippen molar-refractivity contribution < 1.29 is 19.1 Å². The number of thiocarbonyl (C=S) groups is 1. The van der Waals surface area contributed by atoms with Crippen LogP contribution in [0, 0.1) is 5.92 Å². The molecule has 0 atom stereocenters. The number of amides is 1. The van der Waals surface area contributed by atoms with Gasteiger partial charge in [-0.2, -0.15) is 0 Å². The lowest BCUT2D eigenvalue weighted by Gasteiger charge is -2.32. The van der Waals surface area contributed by atoms with Crippen LogP contribution < -0.4 is 10.1 Å². The number of ether oxygens (including phenoxy) is 2. The molecule has 1 amide bonds. The fourth-order valence-electron chi connectivity index (χ4n) is 2.57.